The summed E-state index contributed by atoms with van der Waals surface area (Å²) in [5.41, 5.74) is 5.83. The van der Waals surface area contributed by atoms with Gasteiger partial charge in [0.25, 0.3) is 0 Å². The van der Waals surface area contributed by atoms with Crippen molar-refractivity contribution < 1.29 is 0 Å². The molecular formula is C20H33. The van der Waals surface area contributed by atoms with Gasteiger partial charge < -0.3 is 0 Å². The molecule has 0 spiro atoms. The Bertz CT molecular complexity index is 371. The van der Waals surface area contributed by atoms with E-state index < -0.39 is 0 Å². The molecule has 0 bridgehead atoms. The van der Waals surface area contributed by atoms with Crippen molar-refractivity contribution in [1.82, 2.24) is 0 Å². The van der Waals surface area contributed by atoms with E-state index in [2.05, 4.69) is 59.8 Å². The van der Waals surface area contributed by atoms with Gasteiger partial charge in [0.05, 0.1) is 0 Å². The molecule has 0 unspecified atom stereocenters. The molecule has 0 saturated heterocycles. The topological polar surface area (TPSA) is 0 Å². The molecule has 0 aromatic heterocycles. The Hall–Kier alpha value is -1.04. The fraction of sp³-hybridized carbons (Fsp3) is 0.550. The molecule has 0 aliphatic rings. The lowest BCUT2D eigenvalue weighted by atomic mass is 10.0. The van der Waals surface area contributed by atoms with Gasteiger partial charge >= 0.3 is 0 Å². The van der Waals surface area contributed by atoms with Crippen LogP contribution in [-0.4, -0.2) is 0 Å². The number of rotatable bonds is 9. The predicted molar refractivity (Wildman–Crippen MR) is 93.8 cm³/mol. The van der Waals surface area contributed by atoms with Crippen molar-refractivity contribution in [1.29, 1.82) is 0 Å². The summed E-state index contributed by atoms with van der Waals surface area (Å²) in [5.74, 6) is 0. The highest BCUT2D eigenvalue weighted by atomic mass is 14.0. The standard InChI is InChI=1S/C20H33/c1-7-18(4)12-9-14-20(6)16-10-15-19(5)13-8-11-17(2)3/h7,11,14-15H,1,8-10,12-13,16H2,2-6H3/b18-7-,19-15+,20-14+. The molecule has 0 saturated carbocycles. The lowest BCUT2D eigenvalue weighted by molar-refractivity contribution is 0.900. The number of hydrogen-bond donors (Lipinski definition) is 0. The van der Waals surface area contributed by atoms with Crippen LogP contribution >= 0.6 is 0 Å². The summed E-state index contributed by atoms with van der Waals surface area (Å²) in [6.07, 6.45) is 16.1. The van der Waals surface area contributed by atoms with E-state index in [0.717, 1.165) is 12.8 Å². The van der Waals surface area contributed by atoms with E-state index >= 15 is 0 Å². The Morgan fingerprint density at radius 2 is 1.05 bits per heavy atom. The third kappa shape index (κ3) is 12.0. The van der Waals surface area contributed by atoms with E-state index in [1.54, 1.807) is 0 Å². The van der Waals surface area contributed by atoms with Gasteiger partial charge in [-0.25, -0.2) is 0 Å². The average molecular weight is 273 g/mol. The van der Waals surface area contributed by atoms with Gasteiger partial charge in [-0.05, 0) is 80.1 Å². The largest absolute Gasteiger partial charge is 0.0856 e. The van der Waals surface area contributed by atoms with Gasteiger partial charge in [0, 0.05) is 0 Å². The first-order chi connectivity index (χ1) is 9.45. The van der Waals surface area contributed by atoms with E-state index in [-0.39, 0.29) is 0 Å². The maximum atomic E-state index is 3.79. The van der Waals surface area contributed by atoms with E-state index in [1.807, 2.05) is 6.08 Å². The monoisotopic (exact) mass is 273 g/mol. The van der Waals surface area contributed by atoms with Crippen LogP contribution in [0.2, 0.25) is 0 Å². The first-order valence-corrected chi connectivity index (χ1v) is 7.85. The van der Waals surface area contributed by atoms with Crippen LogP contribution in [0.1, 0.15) is 73.1 Å². The molecule has 0 nitrogen and oxygen atoms in total. The Labute approximate surface area is 127 Å². The van der Waals surface area contributed by atoms with Crippen molar-refractivity contribution in [3.8, 4) is 0 Å². The van der Waals surface area contributed by atoms with Gasteiger partial charge in [-0.2, -0.15) is 0 Å². The quantitative estimate of drug-likeness (QED) is 0.398. The van der Waals surface area contributed by atoms with Gasteiger partial charge in [-0.3, -0.25) is 0 Å². The molecule has 0 heteroatoms. The van der Waals surface area contributed by atoms with Crippen molar-refractivity contribution in [2.45, 2.75) is 73.1 Å². The molecule has 0 aromatic rings. The van der Waals surface area contributed by atoms with E-state index in [1.165, 1.54) is 48.0 Å². The second-order valence-electron chi connectivity index (χ2n) is 6.05. The normalized spacial score (nSPS) is 13.6. The van der Waals surface area contributed by atoms with Crippen molar-refractivity contribution in [2.75, 3.05) is 0 Å². The van der Waals surface area contributed by atoms with Crippen LogP contribution in [0.3, 0.4) is 0 Å². The summed E-state index contributed by atoms with van der Waals surface area (Å²) in [5, 5.41) is 0. The smallest absolute Gasteiger partial charge is 0.0288 e. The molecule has 0 rings (SSSR count). The van der Waals surface area contributed by atoms with Gasteiger partial charge in [0.15, 0.2) is 0 Å². The molecular weight excluding hydrogens is 240 g/mol. The zero-order chi connectivity index (χ0) is 15.4. The van der Waals surface area contributed by atoms with Gasteiger partial charge in [-0.15, -0.1) is 0 Å². The lowest BCUT2D eigenvalue weighted by Gasteiger charge is -2.02. The zero-order valence-corrected chi connectivity index (χ0v) is 14.3. The summed E-state index contributed by atoms with van der Waals surface area (Å²) in [7, 11) is 0. The molecule has 0 heterocycles. The van der Waals surface area contributed by atoms with Crippen LogP contribution in [0.15, 0.2) is 46.6 Å². The van der Waals surface area contributed by atoms with E-state index in [9.17, 15) is 0 Å². The molecule has 1 radical (unpaired) electrons. The fourth-order valence-electron chi connectivity index (χ4n) is 1.99. The highest BCUT2D eigenvalue weighted by molar-refractivity contribution is 5.07. The van der Waals surface area contributed by atoms with Crippen molar-refractivity contribution in [2.24, 2.45) is 0 Å². The van der Waals surface area contributed by atoms with Crippen LogP contribution < -0.4 is 0 Å². The highest BCUT2D eigenvalue weighted by Gasteiger charge is 1.92. The van der Waals surface area contributed by atoms with Gasteiger partial charge in [0.2, 0.25) is 0 Å². The number of hydrogen-bond acceptors (Lipinski definition) is 0. The first kappa shape index (κ1) is 19.0. The summed E-state index contributed by atoms with van der Waals surface area (Å²) in [6, 6.07) is 0. The summed E-state index contributed by atoms with van der Waals surface area (Å²) < 4.78 is 0. The summed E-state index contributed by atoms with van der Waals surface area (Å²) in [6.45, 7) is 14.8. The Morgan fingerprint density at radius 1 is 0.650 bits per heavy atom. The molecule has 0 aromatic carbocycles. The molecule has 0 amide bonds. The molecule has 20 heavy (non-hydrogen) atoms. The minimum absolute atomic E-state index is 1.14. The average Bonchev–Trinajstić information content (AvgIpc) is 2.38. The molecule has 0 aliphatic heterocycles. The zero-order valence-electron chi connectivity index (χ0n) is 14.3. The summed E-state index contributed by atoms with van der Waals surface area (Å²) >= 11 is 0. The Morgan fingerprint density at radius 3 is 1.45 bits per heavy atom. The van der Waals surface area contributed by atoms with Crippen molar-refractivity contribution in [3.05, 3.63) is 53.5 Å². The second kappa shape index (κ2) is 11.8. The van der Waals surface area contributed by atoms with Crippen LogP contribution in [-0.2, 0) is 0 Å². The maximum absolute atomic E-state index is 3.79. The van der Waals surface area contributed by atoms with Crippen LogP contribution in [0.5, 0.6) is 0 Å². The molecule has 0 N–H and O–H groups in total. The van der Waals surface area contributed by atoms with Gasteiger partial charge in [0.1, 0.15) is 0 Å². The van der Waals surface area contributed by atoms with E-state index in [4.69, 9.17) is 0 Å². The van der Waals surface area contributed by atoms with Crippen LogP contribution in [0, 0.1) is 6.92 Å². The highest BCUT2D eigenvalue weighted by Crippen LogP contribution is 2.13. The minimum Gasteiger partial charge on any atom is -0.0856 e. The molecule has 0 atom stereocenters. The minimum atomic E-state index is 1.14. The first-order valence-electron chi connectivity index (χ1n) is 7.85. The van der Waals surface area contributed by atoms with Gasteiger partial charge in [-0.1, -0.05) is 46.6 Å². The van der Waals surface area contributed by atoms with Crippen molar-refractivity contribution >= 4 is 0 Å². The fourth-order valence-corrected chi connectivity index (χ4v) is 1.99. The number of allylic oxidation sites excluding steroid dienone is 8. The SMILES string of the molecule is [CH2]/C=C(/C)CC/C=C(\C)CC/C=C(\C)CCC=C(C)C. The molecule has 0 aliphatic carbocycles. The third-order valence-electron chi connectivity index (χ3n) is 3.50. The third-order valence-corrected chi connectivity index (χ3v) is 3.50. The van der Waals surface area contributed by atoms with Crippen LogP contribution in [0.25, 0.3) is 0 Å². The van der Waals surface area contributed by atoms with E-state index in [0.29, 0.717) is 0 Å². The Balaban J connectivity index is 3.91. The lowest BCUT2D eigenvalue weighted by Crippen LogP contribution is -1.82. The predicted octanol–water partition coefficient (Wildman–Crippen LogP) is 6.97. The molecule has 113 valence electrons. The van der Waals surface area contributed by atoms with Crippen LogP contribution in [0.4, 0.5) is 0 Å². The summed E-state index contributed by atoms with van der Waals surface area (Å²) in [4.78, 5) is 0. The Kier molecular flexibility index (Phi) is 11.1. The second-order valence-corrected chi connectivity index (χ2v) is 6.05. The van der Waals surface area contributed by atoms with Crippen molar-refractivity contribution in [3.63, 3.8) is 0 Å². The maximum Gasteiger partial charge on any atom is -0.0288 e. The molecule has 0 fully saturated rings.